The molecule has 0 aromatic heterocycles. The minimum Gasteiger partial charge on any atom is -0.490 e. The highest BCUT2D eigenvalue weighted by atomic mass is 16.6. The van der Waals surface area contributed by atoms with Gasteiger partial charge in [-0.3, -0.25) is 0 Å². The Bertz CT molecular complexity index is 638. The molecule has 9 heteroatoms. The van der Waals surface area contributed by atoms with E-state index in [0.29, 0.717) is 0 Å². The highest BCUT2D eigenvalue weighted by molar-refractivity contribution is 5.97. The van der Waals surface area contributed by atoms with Crippen molar-refractivity contribution in [1.82, 2.24) is 0 Å². The van der Waals surface area contributed by atoms with E-state index < -0.39 is 30.1 Å². The Labute approximate surface area is 150 Å². The van der Waals surface area contributed by atoms with Gasteiger partial charge in [-0.25, -0.2) is 14.4 Å². The fraction of sp³-hybridized carbons (Fsp3) is 0.471. The van der Waals surface area contributed by atoms with Crippen LogP contribution in [0.3, 0.4) is 0 Å². The molecule has 0 radical (unpaired) electrons. The van der Waals surface area contributed by atoms with Gasteiger partial charge in [-0.15, -0.1) is 0 Å². The Kier molecular flexibility index (Phi) is 7.39. The van der Waals surface area contributed by atoms with Crippen molar-refractivity contribution >= 4 is 17.9 Å². The molecule has 0 aliphatic carbocycles. The number of benzene rings is 1. The summed E-state index contributed by atoms with van der Waals surface area (Å²) >= 11 is 0. The maximum Gasteiger partial charge on any atom is 0.348 e. The van der Waals surface area contributed by atoms with Crippen molar-refractivity contribution in [1.29, 1.82) is 0 Å². The molecule has 0 fully saturated rings. The second-order valence-corrected chi connectivity index (χ2v) is 5.91. The fourth-order valence-electron chi connectivity index (χ4n) is 1.97. The first-order chi connectivity index (χ1) is 12.0. The number of esters is 1. The number of hydrogen-bond donors (Lipinski definition) is 3. The van der Waals surface area contributed by atoms with Crippen LogP contribution >= 0.6 is 0 Å². The monoisotopic (exact) mass is 370 g/mol. The van der Waals surface area contributed by atoms with Gasteiger partial charge < -0.3 is 29.5 Å². The number of rotatable bonds is 9. The van der Waals surface area contributed by atoms with Crippen LogP contribution in [0.5, 0.6) is 11.5 Å². The van der Waals surface area contributed by atoms with E-state index in [4.69, 9.17) is 24.4 Å². The van der Waals surface area contributed by atoms with Gasteiger partial charge in [-0.1, -0.05) is 6.07 Å². The third-order valence-electron chi connectivity index (χ3n) is 2.93. The third-order valence-corrected chi connectivity index (χ3v) is 2.93. The molecule has 0 aliphatic rings. The van der Waals surface area contributed by atoms with Gasteiger partial charge in [0, 0.05) is 0 Å². The summed E-state index contributed by atoms with van der Waals surface area (Å²) < 4.78 is 15.8. The number of ether oxygens (including phenoxy) is 3. The summed E-state index contributed by atoms with van der Waals surface area (Å²) in [5.74, 6) is -4.67. The second kappa shape index (κ2) is 9.04. The Hall–Kier alpha value is -2.81. The first-order valence-corrected chi connectivity index (χ1v) is 7.85. The number of hydrogen-bond acceptors (Lipinski definition) is 7. The average Bonchev–Trinajstić information content (AvgIpc) is 2.50. The van der Waals surface area contributed by atoms with Crippen LogP contribution in [0.15, 0.2) is 18.2 Å². The molecule has 0 heterocycles. The first kappa shape index (κ1) is 21.2. The van der Waals surface area contributed by atoms with E-state index in [2.05, 4.69) is 0 Å². The number of aliphatic carboxylic acids is 2. The Morgan fingerprint density at radius 1 is 0.885 bits per heavy atom. The average molecular weight is 370 g/mol. The number of aliphatic hydroxyl groups is 1. The predicted octanol–water partition coefficient (Wildman–Crippen LogP) is 1.32. The van der Waals surface area contributed by atoms with E-state index in [1.54, 1.807) is 33.8 Å². The summed E-state index contributed by atoms with van der Waals surface area (Å²) in [6.45, 7) is 6.89. The van der Waals surface area contributed by atoms with Crippen molar-refractivity contribution in [2.45, 2.75) is 52.1 Å². The second-order valence-electron chi connectivity index (χ2n) is 5.91. The molecule has 0 bridgehead atoms. The lowest BCUT2D eigenvalue weighted by molar-refractivity contribution is -0.166. The summed E-state index contributed by atoms with van der Waals surface area (Å²) in [4.78, 5) is 34.6. The van der Waals surface area contributed by atoms with Gasteiger partial charge in [-0.05, 0) is 39.8 Å². The zero-order chi connectivity index (χ0) is 20.0. The zero-order valence-electron chi connectivity index (χ0n) is 14.8. The van der Waals surface area contributed by atoms with E-state index in [0.717, 1.165) is 0 Å². The van der Waals surface area contributed by atoms with Crippen LogP contribution in [0.2, 0.25) is 0 Å². The first-order valence-electron chi connectivity index (χ1n) is 7.85. The van der Waals surface area contributed by atoms with Crippen LogP contribution in [0, 0.1) is 0 Å². The molecule has 26 heavy (non-hydrogen) atoms. The molecule has 1 aromatic rings. The standard InChI is InChI=1S/C17H22O9/c1-8(2)24-10-6-5-7-11(25-9(3)4)12(10)17(23)26-14(16(21)22)13(18)15(19)20/h5-9,13-14,18H,1-4H3,(H,19,20)(H,21,22)/t13-,14-/m1/s1. The molecule has 0 saturated carbocycles. The zero-order valence-corrected chi connectivity index (χ0v) is 14.8. The number of carbonyl (C=O) groups is 3. The lowest BCUT2D eigenvalue weighted by Gasteiger charge is -2.21. The number of carboxylic acids is 2. The van der Waals surface area contributed by atoms with Crippen molar-refractivity contribution < 1.29 is 43.9 Å². The third kappa shape index (κ3) is 5.62. The number of carboxylic acid groups (broad SMARTS) is 2. The molecule has 9 nitrogen and oxygen atoms in total. The van der Waals surface area contributed by atoms with Crippen LogP contribution in [-0.4, -0.2) is 57.6 Å². The largest absolute Gasteiger partial charge is 0.490 e. The minimum atomic E-state index is -2.43. The van der Waals surface area contributed by atoms with Crippen LogP contribution in [0.1, 0.15) is 38.1 Å². The summed E-state index contributed by atoms with van der Waals surface area (Å²) in [6.07, 6.45) is -5.34. The van der Waals surface area contributed by atoms with Crippen molar-refractivity contribution in [3.05, 3.63) is 23.8 Å². The minimum absolute atomic E-state index is 0.0807. The number of carbonyl (C=O) groups excluding carboxylic acids is 1. The Morgan fingerprint density at radius 3 is 1.69 bits per heavy atom. The molecule has 0 aliphatic heterocycles. The van der Waals surface area contributed by atoms with E-state index >= 15 is 0 Å². The Balaban J connectivity index is 3.30. The highest BCUT2D eigenvalue weighted by Gasteiger charge is 2.37. The van der Waals surface area contributed by atoms with Gasteiger partial charge >= 0.3 is 17.9 Å². The molecular weight excluding hydrogens is 348 g/mol. The molecule has 1 aromatic carbocycles. The quantitative estimate of drug-likeness (QED) is 0.549. The van der Waals surface area contributed by atoms with Crippen LogP contribution in [0.25, 0.3) is 0 Å². The van der Waals surface area contributed by atoms with E-state index in [1.165, 1.54) is 12.1 Å². The summed E-state index contributed by atoms with van der Waals surface area (Å²) in [5.41, 5.74) is -0.196. The number of aliphatic hydroxyl groups excluding tert-OH is 1. The lowest BCUT2D eigenvalue weighted by Crippen LogP contribution is -2.43. The molecule has 2 atom stereocenters. The van der Waals surface area contributed by atoms with Gasteiger partial charge in [0.2, 0.25) is 6.10 Å². The van der Waals surface area contributed by atoms with Gasteiger partial charge in [0.1, 0.15) is 17.1 Å². The SMILES string of the molecule is CC(C)Oc1cccc(OC(C)C)c1C(=O)O[C@@H](C(=O)O)[C@@H](O)C(=O)O. The van der Waals surface area contributed by atoms with Crippen molar-refractivity contribution in [2.75, 3.05) is 0 Å². The van der Waals surface area contributed by atoms with Crippen LogP contribution in [0.4, 0.5) is 0 Å². The maximum absolute atomic E-state index is 12.5. The van der Waals surface area contributed by atoms with Crippen LogP contribution in [-0.2, 0) is 14.3 Å². The lowest BCUT2D eigenvalue weighted by atomic mass is 10.1. The van der Waals surface area contributed by atoms with Crippen molar-refractivity contribution in [2.24, 2.45) is 0 Å². The van der Waals surface area contributed by atoms with Gasteiger partial charge in [-0.2, -0.15) is 0 Å². The molecule has 0 saturated heterocycles. The molecule has 0 spiro atoms. The van der Waals surface area contributed by atoms with Crippen LogP contribution < -0.4 is 9.47 Å². The normalized spacial score (nSPS) is 13.2. The maximum atomic E-state index is 12.5. The smallest absolute Gasteiger partial charge is 0.348 e. The van der Waals surface area contributed by atoms with Gasteiger partial charge in [0.25, 0.3) is 0 Å². The summed E-state index contributed by atoms with van der Waals surface area (Å²) in [5, 5.41) is 27.3. The molecular formula is C17H22O9. The summed E-state index contributed by atoms with van der Waals surface area (Å²) in [6, 6.07) is 4.51. The highest BCUT2D eigenvalue weighted by Crippen LogP contribution is 2.31. The fourth-order valence-corrected chi connectivity index (χ4v) is 1.97. The van der Waals surface area contributed by atoms with Crippen molar-refractivity contribution in [3.63, 3.8) is 0 Å². The predicted molar refractivity (Wildman–Crippen MR) is 88.5 cm³/mol. The topological polar surface area (TPSA) is 140 Å². The Morgan fingerprint density at radius 2 is 1.35 bits per heavy atom. The summed E-state index contributed by atoms with van der Waals surface area (Å²) in [7, 11) is 0. The molecule has 1 rings (SSSR count). The van der Waals surface area contributed by atoms with E-state index in [9.17, 15) is 19.5 Å². The molecule has 0 unspecified atom stereocenters. The molecule has 0 amide bonds. The molecule has 3 N–H and O–H groups in total. The van der Waals surface area contributed by atoms with E-state index in [1.807, 2.05) is 0 Å². The molecule has 144 valence electrons. The van der Waals surface area contributed by atoms with Gasteiger partial charge in [0.05, 0.1) is 12.2 Å². The van der Waals surface area contributed by atoms with E-state index in [-0.39, 0.29) is 29.3 Å². The van der Waals surface area contributed by atoms with Gasteiger partial charge in [0.15, 0.2) is 6.10 Å². The van der Waals surface area contributed by atoms with Crippen molar-refractivity contribution in [3.8, 4) is 11.5 Å².